The molecule has 0 spiro atoms. The van der Waals surface area contributed by atoms with Crippen molar-refractivity contribution in [2.45, 2.75) is 19.4 Å². The number of aliphatic carboxylic acids is 1. The number of piperazine rings is 1. The Bertz CT molecular complexity index is 855. The molecule has 186 valence electrons. The van der Waals surface area contributed by atoms with Crippen LogP contribution in [0.1, 0.15) is 23.7 Å². The second-order valence-electron chi connectivity index (χ2n) is 7.50. The molecule has 0 unspecified atom stereocenters. The molecule has 1 saturated heterocycles. The summed E-state index contributed by atoms with van der Waals surface area (Å²) in [5.41, 5.74) is 0.363. The van der Waals surface area contributed by atoms with Gasteiger partial charge in [0, 0.05) is 45.4 Å². The highest BCUT2D eigenvalue weighted by Crippen LogP contribution is 2.14. The zero-order chi connectivity index (χ0) is 24.3. The minimum Gasteiger partial charge on any atom is -0.480 e. The lowest BCUT2D eigenvalue weighted by Gasteiger charge is -2.37. The summed E-state index contributed by atoms with van der Waals surface area (Å²) in [6.45, 7) is 3.68. The van der Waals surface area contributed by atoms with Gasteiger partial charge in [-0.2, -0.15) is 4.31 Å². The van der Waals surface area contributed by atoms with Crippen molar-refractivity contribution in [1.82, 2.24) is 14.5 Å². The van der Waals surface area contributed by atoms with Gasteiger partial charge in [-0.05, 0) is 30.7 Å². The van der Waals surface area contributed by atoms with Gasteiger partial charge in [-0.15, -0.1) is 0 Å². The van der Waals surface area contributed by atoms with Crippen LogP contribution in [0.4, 0.5) is 0 Å². The highest BCUT2D eigenvalue weighted by molar-refractivity contribution is 7.89. The van der Waals surface area contributed by atoms with E-state index >= 15 is 0 Å². The molecule has 0 aliphatic carbocycles. The lowest BCUT2D eigenvalue weighted by atomic mass is 10.1. The van der Waals surface area contributed by atoms with Crippen LogP contribution in [-0.4, -0.2) is 106 Å². The molecule has 0 bridgehead atoms. The number of carboxylic acid groups (broad SMARTS) is 1. The van der Waals surface area contributed by atoms with Crippen LogP contribution in [0, 0.1) is 0 Å². The van der Waals surface area contributed by atoms with Gasteiger partial charge < -0.3 is 24.6 Å². The fourth-order valence-electron chi connectivity index (χ4n) is 3.36. The van der Waals surface area contributed by atoms with Crippen LogP contribution in [0.2, 0.25) is 0 Å². The number of ether oxygens (including phenoxy) is 3. The van der Waals surface area contributed by atoms with Crippen molar-refractivity contribution in [2.75, 3.05) is 65.6 Å². The Balaban J connectivity index is 1.83. The third kappa shape index (κ3) is 8.55. The van der Waals surface area contributed by atoms with Gasteiger partial charge in [-0.25, -0.2) is 8.42 Å². The standard InChI is InChI=1S/C21H33N3O8S/c1-3-14-33(28,29)24-10-8-23(9-11-24)19(21(26)27)15-22-20(25)17-4-6-18(7-5-17)32-16-31-13-12-30-2/h4-7,19H,3,8-16H2,1-2H3,(H,22,25)(H,26,27)/t19-/m0/s1. The van der Waals surface area contributed by atoms with E-state index in [-0.39, 0.29) is 45.3 Å². The number of methoxy groups -OCH3 is 1. The minimum absolute atomic E-state index is 0.0577. The summed E-state index contributed by atoms with van der Waals surface area (Å²) in [5, 5.41) is 12.3. The third-order valence-electron chi connectivity index (χ3n) is 5.17. The summed E-state index contributed by atoms with van der Waals surface area (Å²) in [5.74, 6) is -0.871. The first kappa shape index (κ1) is 27.0. The predicted octanol–water partition coefficient (Wildman–Crippen LogP) is 0.226. The number of rotatable bonds is 14. The number of sulfonamides is 1. The summed E-state index contributed by atoms with van der Waals surface area (Å²) in [7, 11) is -1.74. The Kier molecular flexibility index (Phi) is 11.0. The maximum Gasteiger partial charge on any atom is 0.322 e. The molecule has 1 aliphatic rings. The van der Waals surface area contributed by atoms with Gasteiger partial charge in [0.2, 0.25) is 10.0 Å². The lowest BCUT2D eigenvalue weighted by Crippen LogP contribution is -2.57. The Morgan fingerprint density at radius 1 is 1.12 bits per heavy atom. The number of carbonyl (C=O) groups excluding carboxylic acids is 1. The smallest absolute Gasteiger partial charge is 0.322 e. The molecule has 2 N–H and O–H groups in total. The molecule has 1 amide bonds. The van der Waals surface area contributed by atoms with E-state index in [1.165, 1.54) is 4.31 Å². The van der Waals surface area contributed by atoms with E-state index in [9.17, 15) is 23.1 Å². The maximum atomic E-state index is 12.5. The number of carboxylic acids is 1. The van der Waals surface area contributed by atoms with Crippen LogP contribution in [0.3, 0.4) is 0 Å². The summed E-state index contributed by atoms with van der Waals surface area (Å²) < 4.78 is 41.3. The van der Waals surface area contributed by atoms with Crippen LogP contribution < -0.4 is 10.1 Å². The Hall–Kier alpha value is -2.25. The molecule has 0 radical (unpaired) electrons. The molecule has 1 aromatic rings. The van der Waals surface area contributed by atoms with Crippen molar-refractivity contribution in [1.29, 1.82) is 0 Å². The summed E-state index contributed by atoms with van der Waals surface area (Å²) in [4.78, 5) is 25.9. The SMILES string of the molecule is CCCS(=O)(=O)N1CCN([C@@H](CNC(=O)c2ccc(OCOCCOC)cc2)C(=O)O)CC1. The summed E-state index contributed by atoms with van der Waals surface area (Å²) in [6, 6.07) is 5.45. The highest BCUT2D eigenvalue weighted by Gasteiger charge is 2.32. The Morgan fingerprint density at radius 2 is 1.79 bits per heavy atom. The van der Waals surface area contributed by atoms with Gasteiger partial charge in [0.1, 0.15) is 11.8 Å². The first-order valence-electron chi connectivity index (χ1n) is 10.8. The topological polar surface area (TPSA) is 135 Å². The van der Waals surface area contributed by atoms with Crippen molar-refractivity contribution in [3.05, 3.63) is 29.8 Å². The van der Waals surface area contributed by atoms with Crippen LogP contribution in [-0.2, 0) is 24.3 Å². The van der Waals surface area contributed by atoms with E-state index in [1.807, 2.05) is 0 Å². The van der Waals surface area contributed by atoms with E-state index in [0.29, 0.717) is 30.9 Å². The zero-order valence-electron chi connectivity index (χ0n) is 19.1. The van der Waals surface area contributed by atoms with Gasteiger partial charge in [0.25, 0.3) is 5.91 Å². The van der Waals surface area contributed by atoms with Crippen molar-refractivity contribution in [3.63, 3.8) is 0 Å². The predicted molar refractivity (Wildman–Crippen MR) is 121 cm³/mol. The van der Waals surface area contributed by atoms with Crippen LogP contribution in [0.5, 0.6) is 5.75 Å². The van der Waals surface area contributed by atoms with Crippen LogP contribution in [0.15, 0.2) is 24.3 Å². The normalized spacial score (nSPS) is 16.3. The molecule has 0 saturated carbocycles. The number of nitrogens with one attached hydrogen (secondary N) is 1. The maximum absolute atomic E-state index is 12.5. The van der Waals surface area contributed by atoms with E-state index in [4.69, 9.17) is 14.2 Å². The first-order chi connectivity index (χ1) is 15.8. The van der Waals surface area contributed by atoms with E-state index in [0.717, 1.165) is 0 Å². The van der Waals surface area contributed by atoms with E-state index in [2.05, 4.69) is 5.32 Å². The van der Waals surface area contributed by atoms with Gasteiger partial charge in [-0.3, -0.25) is 14.5 Å². The quantitative estimate of drug-likeness (QED) is 0.279. The molecular weight excluding hydrogens is 454 g/mol. The van der Waals surface area contributed by atoms with Crippen molar-refractivity contribution in [2.24, 2.45) is 0 Å². The number of nitrogens with zero attached hydrogens (tertiary/aromatic N) is 2. The largest absolute Gasteiger partial charge is 0.480 e. The second-order valence-corrected chi connectivity index (χ2v) is 9.59. The Morgan fingerprint density at radius 3 is 2.36 bits per heavy atom. The van der Waals surface area contributed by atoms with E-state index < -0.39 is 27.9 Å². The molecule has 33 heavy (non-hydrogen) atoms. The highest BCUT2D eigenvalue weighted by atomic mass is 32.2. The van der Waals surface area contributed by atoms with E-state index in [1.54, 1.807) is 43.2 Å². The second kappa shape index (κ2) is 13.5. The number of benzene rings is 1. The summed E-state index contributed by atoms with van der Waals surface area (Å²) in [6.07, 6.45) is 0.529. The number of hydrogen-bond acceptors (Lipinski definition) is 8. The Labute approximate surface area is 194 Å². The molecule has 1 heterocycles. The molecule has 12 heteroatoms. The fourth-order valence-corrected chi connectivity index (χ4v) is 4.85. The van der Waals surface area contributed by atoms with Crippen LogP contribution >= 0.6 is 0 Å². The summed E-state index contributed by atoms with van der Waals surface area (Å²) >= 11 is 0. The van der Waals surface area contributed by atoms with Crippen molar-refractivity contribution >= 4 is 21.9 Å². The average Bonchev–Trinajstić information content (AvgIpc) is 2.79. The molecule has 2 rings (SSSR count). The van der Waals surface area contributed by atoms with Crippen molar-refractivity contribution in [3.8, 4) is 5.75 Å². The third-order valence-corrected chi connectivity index (χ3v) is 7.24. The van der Waals surface area contributed by atoms with Crippen LogP contribution in [0.25, 0.3) is 0 Å². The molecule has 1 atom stereocenters. The molecule has 1 aromatic carbocycles. The van der Waals surface area contributed by atoms with Gasteiger partial charge >= 0.3 is 5.97 Å². The van der Waals surface area contributed by atoms with Gasteiger partial charge in [0.15, 0.2) is 6.79 Å². The number of amides is 1. The molecule has 11 nitrogen and oxygen atoms in total. The van der Waals surface area contributed by atoms with Gasteiger partial charge in [0.05, 0.1) is 19.0 Å². The molecule has 0 aromatic heterocycles. The van der Waals surface area contributed by atoms with Gasteiger partial charge in [-0.1, -0.05) is 6.92 Å². The zero-order valence-corrected chi connectivity index (χ0v) is 19.9. The number of hydrogen-bond donors (Lipinski definition) is 2. The monoisotopic (exact) mass is 487 g/mol. The fraction of sp³-hybridized carbons (Fsp3) is 0.619. The number of carbonyl (C=O) groups is 2. The lowest BCUT2D eigenvalue weighted by molar-refractivity contribution is -0.143. The molecule has 1 fully saturated rings. The molecular formula is C21H33N3O8S. The van der Waals surface area contributed by atoms with Crippen molar-refractivity contribution < 1.29 is 37.3 Å². The average molecular weight is 488 g/mol. The molecule has 1 aliphatic heterocycles. The minimum atomic E-state index is -3.31. The first-order valence-corrected chi connectivity index (χ1v) is 12.4.